The summed E-state index contributed by atoms with van der Waals surface area (Å²) in [4.78, 5) is 1.30. The fourth-order valence-corrected chi connectivity index (χ4v) is 2.58. The van der Waals surface area contributed by atoms with E-state index in [1.54, 1.807) is 0 Å². The van der Waals surface area contributed by atoms with Gasteiger partial charge in [-0.15, -0.1) is 11.8 Å². The normalized spacial score (nSPS) is 11.8. The van der Waals surface area contributed by atoms with Crippen molar-refractivity contribution in [1.82, 2.24) is 5.32 Å². The molecule has 1 nitrogen and oxygen atoms in total. The number of thioether (sulfide) groups is 1. The minimum atomic E-state index is 0.145. The average molecular weight is 272 g/mol. The van der Waals surface area contributed by atoms with E-state index in [9.17, 15) is 0 Å². The van der Waals surface area contributed by atoms with Crippen molar-refractivity contribution in [3.8, 4) is 0 Å². The summed E-state index contributed by atoms with van der Waals surface area (Å²) in [6.45, 7) is 9.64. The van der Waals surface area contributed by atoms with E-state index in [4.69, 9.17) is 11.6 Å². The third kappa shape index (κ3) is 5.80. The molecule has 0 amide bonds. The van der Waals surface area contributed by atoms with Crippen LogP contribution in [-0.2, 0) is 6.54 Å². The molecule has 0 aliphatic carbocycles. The van der Waals surface area contributed by atoms with Gasteiger partial charge in [-0.2, -0.15) is 0 Å². The number of nitrogens with one attached hydrogen (secondary N) is 1. The molecule has 0 fully saturated rings. The zero-order valence-corrected chi connectivity index (χ0v) is 12.7. The van der Waals surface area contributed by atoms with Crippen LogP contribution in [0.5, 0.6) is 0 Å². The zero-order chi connectivity index (χ0) is 12.9. The van der Waals surface area contributed by atoms with Gasteiger partial charge in [-0.3, -0.25) is 0 Å². The summed E-state index contributed by atoms with van der Waals surface area (Å²) in [5.41, 5.74) is 1.48. The molecule has 0 aliphatic rings. The van der Waals surface area contributed by atoms with Crippen molar-refractivity contribution in [2.24, 2.45) is 0 Å². The third-order valence-corrected chi connectivity index (χ3v) is 3.84. The predicted molar refractivity (Wildman–Crippen MR) is 79.1 cm³/mol. The van der Waals surface area contributed by atoms with Crippen LogP contribution in [-0.4, -0.2) is 11.3 Å². The Morgan fingerprint density at radius 1 is 1.29 bits per heavy atom. The fraction of sp³-hybridized carbons (Fsp3) is 0.571. The van der Waals surface area contributed by atoms with E-state index in [0.29, 0.717) is 0 Å². The molecular formula is C14H22ClNS. The topological polar surface area (TPSA) is 12.0 Å². The molecule has 0 aliphatic heterocycles. The van der Waals surface area contributed by atoms with Crippen LogP contribution in [0.15, 0.2) is 23.1 Å². The summed E-state index contributed by atoms with van der Waals surface area (Å²) in [6, 6.07) is 6.16. The summed E-state index contributed by atoms with van der Waals surface area (Å²) < 4.78 is 0. The van der Waals surface area contributed by atoms with Gasteiger partial charge in [0.2, 0.25) is 0 Å². The maximum Gasteiger partial charge on any atom is 0.0417 e. The summed E-state index contributed by atoms with van der Waals surface area (Å²) in [5, 5.41) is 4.34. The summed E-state index contributed by atoms with van der Waals surface area (Å²) in [5.74, 6) is 1.14. The first-order valence-corrected chi connectivity index (χ1v) is 7.45. The monoisotopic (exact) mass is 271 g/mol. The number of benzene rings is 1. The van der Waals surface area contributed by atoms with Gasteiger partial charge in [0.1, 0.15) is 0 Å². The molecule has 1 aromatic carbocycles. The van der Waals surface area contributed by atoms with Crippen molar-refractivity contribution in [3.05, 3.63) is 28.8 Å². The predicted octanol–water partition coefficient (Wildman–Crippen LogP) is 4.73. The fourth-order valence-electron chi connectivity index (χ4n) is 1.38. The van der Waals surface area contributed by atoms with Crippen LogP contribution in [0.4, 0.5) is 0 Å². The second kappa shape index (κ2) is 6.67. The highest BCUT2D eigenvalue weighted by atomic mass is 35.5. The molecule has 0 bridgehead atoms. The first-order chi connectivity index (χ1) is 7.92. The summed E-state index contributed by atoms with van der Waals surface area (Å²) in [6.07, 6.45) is 1.18. The molecule has 0 saturated carbocycles. The lowest BCUT2D eigenvalue weighted by Gasteiger charge is -2.21. The van der Waals surface area contributed by atoms with Gasteiger partial charge in [-0.1, -0.05) is 24.6 Å². The summed E-state index contributed by atoms with van der Waals surface area (Å²) >= 11 is 7.94. The largest absolute Gasteiger partial charge is 0.308 e. The van der Waals surface area contributed by atoms with Crippen molar-refractivity contribution in [2.45, 2.75) is 51.1 Å². The Bertz CT molecular complexity index is 358. The first kappa shape index (κ1) is 14.9. The SMILES string of the molecule is CCCSc1cc(Cl)ccc1CNC(C)(C)C. The van der Waals surface area contributed by atoms with Crippen molar-refractivity contribution >= 4 is 23.4 Å². The standard InChI is InChI=1S/C14H22ClNS/c1-5-8-17-13-9-12(15)7-6-11(13)10-16-14(2,3)4/h6-7,9,16H,5,8,10H2,1-4H3. The van der Waals surface area contributed by atoms with Crippen molar-refractivity contribution in [1.29, 1.82) is 0 Å². The van der Waals surface area contributed by atoms with Gasteiger partial charge in [-0.25, -0.2) is 0 Å². The summed E-state index contributed by atoms with van der Waals surface area (Å²) in [7, 11) is 0. The van der Waals surface area contributed by atoms with Gasteiger partial charge in [0.15, 0.2) is 0 Å². The molecule has 3 heteroatoms. The number of halogens is 1. The van der Waals surface area contributed by atoms with Gasteiger partial charge >= 0.3 is 0 Å². The van der Waals surface area contributed by atoms with E-state index >= 15 is 0 Å². The van der Waals surface area contributed by atoms with E-state index in [0.717, 1.165) is 17.3 Å². The van der Waals surface area contributed by atoms with E-state index in [-0.39, 0.29) is 5.54 Å². The molecule has 1 rings (SSSR count). The first-order valence-electron chi connectivity index (χ1n) is 6.08. The smallest absolute Gasteiger partial charge is 0.0417 e. The highest BCUT2D eigenvalue weighted by Crippen LogP contribution is 2.27. The lowest BCUT2D eigenvalue weighted by Crippen LogP contribution is -2.35. The van der Waals surface area contributed by atoms with Gasteiger partial charge in [0, 0.05) is 22.0 Å². The second-order valence-corrected chi connectivity index (χ2v) is 6.78. The highest BCUT2D eigenvalue weighted by molar-refractivity contribution is 7.99. The Hall–Kier alpha value is -0.180. The van der Waals surface area contributed by atoms with E-state index in [2.05, 4.69) is 45.1 Å². The molecule has 0 radical (unpaired) electrons. The molecule has 1 aromatic rings. The Labute approximate surface area is 114 Å². The van der Waals surface area contributed by atoms with Crippen LogP contribution < -0.4 is 5.32 Å². The van der Waals surface area contributed by atoms with E-state index in [1.165, 1.54) is 16.9 Å². The third-order valence-electron chi connectivity index (χ3n) is 2.30. The van der Waals surface area contributed by atoms with E-state index in [1.807, 2.05) is 17.8 Å². The molecule has 0 saturated heterocycles. The molecule has 0 heterocycles. The van der Waals surface area contributed by atoms with Crippen molar-refractivity contribution < 1.29 is 0 Å². The number of rotatable bonds is 5. The quantitative estimate of drug-likeness (QED) is 0.777. The highest BCUT2D eigenvalue weighted by Gasteiger charge is 2.10. The molecule has 96 valence electrons. The molecule has 0 spiro atoms. The van der Waals surface area contributed by atoms with Crippen LogP contribution >= 0.6 is 23.4 Å². The van der Waals surface area contributed by atoms with Crippen LogP contribution in [0.2, 0.25) is 5.02 Å². The molecule has 17 heavy (non-hydrogen) atoms. The van der Waals surface area contributed by atoms with Crippen LogP contribution in [0.3, 0.4) is 0 Å². The minimum absolute atomic E-state index is 0.145. The number of hydrogen-bond donors (Lipinski definition) is 1. The van der Waals surface area contributed by atoms with Crippen molar-refractivity contribution in [2.75, 3.05) is 5.75 Å². The Kier molecular flexibility index (Phi) is 5.84. The molecular weight excluding hydrogens is 250 g/mol. The van der Waals surface area contributed by atoms with Crippen LogP contribution in [0.1, 0.15) is 39.7 Å². The van der Waals surface area contributed by atoms with Gasteiger partial charge in [0.25, 0.3) is 0 Å². The minimum Gasteiger partial charge on any atom is -0.308 e. The van der Waals surface area contributed by atoms with Crippen LogP contribution in [0.25, 0.3) is 0 Å². The Morgan fingerprint density at radius 3 is 2.59 bits per heavy atom. The Morgan fingerprint density at radius 2 is 2.00 bits per heavy atom. The lowest BCUT2D eigenvalue weighted by atomic mass is 10.1. The van der Waals surface area contributed by atoms with Crippen LogP contribution in [0, 0.1) is 0 Å². The number of hydrogen-bond acceptors (Lipinski definition) is 2. The van der Waals surface area contributed by atoms with Gasteiger partial charge in [0.05, 0.1) is 0 Å². The average Bonchev–Trinajstić information content (AvgIpc) is 2.23. The maximum atomic E-state index is 6.05. The molecule has 0 aromatic heterocycles. The van der Waals surface area contributed by atoms with Gasteiger partial charge < -0.3 is 5.32 Å². The lowest BCUT2D eigenvalue weighted by molar-refractivity contribution is 0.422. The van der Waals surface area contributed by atoms with Crippen molar-refractivity contribution in [3.63, 3.8) is 0 Å². The molecule has 0 unspecified atom stereocenters. The molecule has 0 atom stereocenters. The molecule has 1 N–H and O–H groups in total. The van der Waals surface area contributed by atoms with E-state index < -0.39 is 0 Å². The maximum absolute atomic E-state index is 6.05. The van der Waals surface area contributed by atoms with Gasteiger partial charge in [-0.05, 0) is 50.6 Å². The second-order valence-electron chi connectivity index (χ2n) is 5.20. The Balaban J connectivity index is 2.75. The zero-order valence-electron chi connectivity index (χ0n) is 11.1.